The molecule has 0 radical (unpaired) electrons. The van der Waals surface area contributed by atoms with Crippen LogP contribution < -0.4 is 0 Å². The zero-order chi connectivity index (χ0) is 13.2. The van der Waals surface area contributed by atoms with Crippen molar-refractivity contribution in [2.75, 3.05) is 12.0 Å². The summed E-state index contributed by atoms with van der Waals surface area (Å²) in [6, 6.07) is 0. The third-order valence-corrected chi connectivity index (χ3v) is 7.16. The van der Waals surface area contributed by atoms with E-state index in [1.54, 1.807) is 11.8 Å². The Balaban J connectivity index is 1.97. The number of thioether (sulfide) groups is 1. The fourth-order valence-electron chi connectivity index (χ4n) is 3.02. The molecule has 0 bridgehead atoms. The van der Waals surface area contributed by atoms with Gasteiger partial charge >= 0.3 is 0 Å². The summed E-state index contributed by atoms with van der Waals surface area (Å²) in [6.45, 7) is 0. The quantitative estimate of drug-likeness (QED) is 0.801. The summed E-state index contributed by atoms with van der Waals surface area (Å²) >= 11 is 1.77. The number of hydrogen-bond donors (Lipinski definition) is 0. The molecule has 1 aliphatic carbocycles. The van der Waals surface area contributed by atoms with Crippen LogP contribution in [0.25, 0.3) is 0 Å². The molecular weight excluding hydrogens is 268 g/mol. The van der Waals surface area contributed by atoms with Crippen LogP contribution in [0.15, 0.2) is 0 Å². The van der Waals surface area contributed by atoms with Crippen molar-refractivity contribution in [2.24, 2.45) is 5.92 Å². The molecule has 1 aliphatic heterocycles. The fourth-order valence-corrected chi connectivity index (χ4v) is 5.54. The van der Waals surface area contributed by atoms with Gasteiger partial charge in [0.2, 0.25) is 0 Å². The highest BCUT2D eigenvalue weighted by atomic mass is 32.2. The zero-order valence-electron chi connectivity index (χ0n) is 10.9. The van der Waals surface area contributed by atoms with E-state index in [1.165, 1.54) is 12.7 Å². The molecule has 3 atom stereocenters. The fraction of sp³-hybridized carbons (Fsp3) is 0.923. The van der Waals surface area contributed by atoms with Gasteiger partial charge in [0.15, 0.2) is 0 Å². The van der Waals surface area contributed by atoms with Gasteiger partial charge in [0.05, 0.1) is 10.5 Å². The van der Waals surface area contributed by atoms with E-state index in [0.29, 0.717) is 12.2 Å². The van der Waals surface area contributed by atoms with Crippen molar-refractivity contribution >= 4 is 27.4 Å². The van der Waals surface area contributed by atoms with Crippen molar-refractivity contribution in [3.05, 3.63) is 0 Å². The summed E-state index contributed by atoms with van der Waals surface area (Å²) in [4.78, 5) is 12.4. The van der Waals surface area contributed by atoms with Crippen molar-refractivity contribution in [3.8, 4) is 0 Å². The maximum absolute atomic E-state index is 12.4. The Hall–Kier alpha value is -0.0300. The lowest BCUT2D eigenvalue weighted by Gasteiger charge is -2.30. The first-order valence-corrected chi connectivity index (χ1v) is 9.83. The normalized spacial score (nSPS) is 34.2. The molecule has 5 heteroatoms. The lowest BCUT2D eigenvalue weighted by molar-refractivity contribution is -0.123. The van der Waals surface area contributed by atoms with E-state index in [2.05, 4.69) is 0 Å². The first-order chi connectivity index (χ1) is 8.48. The number of sulfone groups is 1. The largest absolute Gasteiger partial charge is 0.298 e. The second-order valence-electron chi connectivity index (χ2n) is 5.57. The standard InChI is InChI=1S/C13H22O3S2/c1-18(15,16)11-6-4-5-10(9-11)13(14)12-7-2-3-8-17-12/h10-12H,2-9H2,1H3. The van der Waals surface area contributed by atoms with Crippen LogP contribution in [0.2, 0.25) is 0 Å². The average molecular weight is 290 g/mol. The van der Waals surface area contributed by atoms with Crippen LogP contribution in [-0.4, -0.2) is 36.7 Å². The van der Waals surface area contributed by atoms with E-state index >= 15 is 0 Å². The van der Waals surface area contributed by atoms with E-state index < -0.39 is 9.84 Å². The van der Waals surface area contributed by atoms with Gasteiger partial charge in [-0.25, -0.2) is 8.42 Å². The molecule has 2 fully saturated rings. The lowest BCUT2D eigenvalue weighted by atomic mass is 9.84. The Morgan fingerprint density at radius 2 is 1.89 bits per heavy atom. The first kappa shape index (κ1) is 14.4. The number of carbonyl (C=O) groups excluding carboxylic acids is 1. The summed E-state index contributed by atoms with van der Waals surface area (Å²) in [5.41, 5.74) is 0. The SMILES string of the molecule is CS(=O)(=O)C1CCCC(C(=O)C2CCCCS2)C1. The summed E-state index contributed by atoms with van der Waals surface area (Å²) < 4.78 is 23.2. The highest BCUT2D eigenvalue weighted by Crippen LogP contribution is 2.34. The van der Waals surface area contributed by atoms with Gasteiger partial charge in [0.25, 0.3) is 0 Å². The molecule has 0 spiro atoms. The topological polar surface area (TPSA) is 51.2 Å². The third-order valence-electron chi connectivity index (χ3n) is 4.13. The lowest BCUT2D eigenvalue weighted by Crippen LogP contribution is -2.35. The van der Waals surface area contributed by atoms with Crippen molar-refractivity contribution in [3.63, 3.8) is 0 Å². The van der Waals surface area contributed by atoms with Crippen molar-refractivity contribution in [1.29, 1.82) is 0 Å². The van der Waals surface area contributed by atoms with Gasteiger partial charge in [0, 0.05) is 12.2 Å². The summed E-state index contributed by atoms with van der Waals surface area (Å²) in [7, 11) is -2.98. The molecule has 3 nitrogen and oxygen atoms in total. The molecule has 2 rings (SSSR count). The molecule has 18 heavy (non-hydrogen) atoms. The molecule has 1 saturated carbocycles. The third kappa shape index (κ3) is 3.50. The highest BCUT2D eigenvalue weighted by molar-refractivity contribution is 8.00. The minimum atomic E-state index is -2.98. The van der Waals surface area contributed by atoms with E-state index in [-0.39, 0.29) is 16.4 Å². The van der Waals surface area contributed by atoms with Crippen LogP contribution in [0.3, 0.4) is 0 Å². The Morgan fingerprint density at radius 3 is 2.50 bits per heavy atom. The van der Waals surface area contributed by atoms with Crippen LogP contribution in [0, 0.1) is 5.92 Å². The van der Waals surface area contributed by atoms with Gasteiger partial charge in [0.1, 0.15) is 15.6 Å². The van der Waals surface area contributed by atoms with E-state index in [9.17, 15) is 13.2 Å². The van der Waals surface area contributed by atoms with Crippen molar-refractivity contribution in [1.82, 2.24) is 0 Å². The molecule has 1 heterocycles. The predicted molar refractivity (Wildman–Crippen MR) is 75.7 cm³/mol. The molecule has 1 saturated heterocycles. The van der Waals surface area contributed by atoms with Crippen LogP contribution in [0.5, 0.6) is 0 Å². The Labute approximate surface area is 114 Å². The van der Waals surface area contributed by atoms with Crippen molar-refractivity contribution < 1.29 is 13.2 Å². The number of rotatable bonds is 3. The smallest absolute Gasteiger partial charge is 0.150 e. The first-order valence-electron chi connectivity index (χ1n) is 6.82. The molecule has 0 N–H and O–H groups in total. The molecule has 0 aromatic carbocycles. The monoisotopic (exact) mass is 290 g/mol. The molecule has 0 aromatic heterocycles. The molecule has 2 aliphatic rings. The van der Waals surface area contributed by atoms with Crippen LogP contribution in [-0.2, 0) is 14.6 Å². The minimum absolute atomic E-state index is 0.00549. The van der Waals surface area contributed by atoms with Gasteiger partial charge in [-0.3, -0.25) is 4.79 Å². The molecule has 0 aromatic rings. The molecule has 0 amide bonds. The van der Waals surface area contributed by atoms with E-state index in [1.807, 2.05) is 0 Å². The summed E-state index contributed by atoms with van der Waals surface area (Å²) in [5.74, 6) is 1.40. The van der Waals surface area contributed by atoms with Gasteiger partial charge in [-0.2, -0.15) is 11.8 Å². The Kier molecular flexibility index (Phi) is 4.75. The number of carbonyl (C=O) groups is 1. The van der Waals surface area contributed by atoms with E-state index in [0.717, 1.165) is 37.9 Å². The zero-order valence-corrected chi connectivity index (χ0v) is 12.6. The molecular formula is C13H22O3S2. The second kappa shape index (κ2) is 5.95. The van der Waals surface area contributed by atoms with Crippen molar-refractivity contribution in [2.45, 2.75) is 55.4 Å². The van der Waals surface area contributed by atoms with Crippen LogP contribution in [0.1, 0.15) is 44.9 Å². The minimum Gasteiger partial charge on any atom is -0.298 e. The van der Waals surface area contributed by atoms with Gasteiger partial charge in [-0.1, -0.05) is 12.8 Å². The predicted octanol–water partition coefficient (Wildman–Crippen LogP) is 2.44. The van der Waals surface area contributed by atoms with Crippen LogP contribution in [0.4, 0.5) is 0 Å². The second-order valence-corrected chi connectivity index (χ2v) is 9.21. The average Bonchev–Trinajstić information content (AvgIpc) is 2.38. The number of ketones is 1. The summed E-state index contributed by atoms with van der Waals surface area (Å²) in [5, 5.41) is -0.143. The number of hydrogen-bond acceptors (Lipinski definition) is 4. The molecule has 104 valence electrons. The Morgan fingerprint density at radius 1 is 1.11 bits per heavy atom. The van der Waals surface area contributed by atoms with Crippen LogP contribution >= 0.6 is 11.8 Å². The maximum atomic E-state index is 12.4. The highest BCUT2D eigenvalue weighted by Gasteiger charge is 2.35. The van der Waals surface area contributed by atoms with Gasteiger partial charge in [-0.05, 0) is 37.9 Å². The summed E-state index contributed by atoms with van der Waals surface area (Å²) in [6.07, 6.45) is 7.72. The van der Waals surface area contributed by atoms with E-state index in [4.69, 9.17) is 0 Å². The maximum Gasteiger partial charge on any atom is 0.150 e. The molecule has 3 unspecified atom stereocenters. The van der Waals surface area contributed by atoms with Gasteiger partial charge < -0.3 is 0 Å². The van der Waals surface area contributed by atoms with Gasteiger partial charge in [-0.15, -0.1) is 0 Å². The number of Topliss-reactive ketones (excluding diaryl/α,β-unsaturated/α-hetero) is 1. The Bertz CT molecular complexity index is 396.